The summed E-state index contributed by atoms with van der Waals surface area (Å²) in [6, 6.07) is 5.59. The highest BCUT2D eigenvalue weighted by Crippen LogP contribution is 2.25. The molecule has 6 nitrogen and oxygen atoms in total. The number of anilines is 1. The molecule has 1 aromatic heterocycles. The third kappa shape index (κ3) is 3.60. The van der Waals surface area contributed by atoms with Gasteiger partial charge in [0.1, 0.15) is 0 Å². The van der Waals surface area contributed by atoms with Crippen molar-refractivity contribution >= 4 is 32.4 Å². The SMILES string of the molecule is CS(=O)CCCn1nnnc1-c1ccc(Br)c(N)c1. The Hall–Kier alpha value is -1.28. The van der Waals surface area contributed by atoms with Gasteiger partial charge in [-0.05, 0) is 51.0 Å². The van der Waals surface area contributed by atoms with Crippen molar-refractivity contribution < 1.29 is 4.21 Å². The van der Waals surface area contributed by atoms with Crippen LogP contribution in [0.3, 0.4) is 0 Å². The average Bonchev–Trinajstić information content (AvgIpc) is 2.80. The summed E-state index contributed by atoms with van der Waals surface area (Å²) in [5.41, 5.74) is 7.36. The van der Waals surface area contributed by atoms with E-state index in [-0.39, 0.29) is 0 Å². The van der Waals surface area contributed by atoms with Crippen LogP contribution in [-0.4, -0.2) is 36.4 Å². The van der Waals surface area contributed by atoms with Crippen LogP contribution in [0.25, 0.3) is 11.4 Å². The average molecular weight is 344 g/mol. The van der Waals surface area contributed by atoms with Crippen molar-refractivity contribution in [3.05, 3.63) is 22.7 Å². The number of nitrogens with zero attached hydrogens (tertiary/aromatic N) is 4. The Labute approximate surface area is 122 Å². The smallest absolute Gasteiger partial charge is 0.182 e. The third-order valence-electron chi connectivity index (χ3n) is 2.59. The first kappa shape index (κ1) is 14.1. The first-order chi connectivity index (χ1) is 9.08. The molecule has 1 aromatic carbocycles. The van der Waals surface area contributed by atoms with E-state index >= 15 is 0 Å². The molecule has 1 heterocycles. The highest BCUT2D eigenvalue weighted by molar-refractivity contribution is 9.10. The van der Waals surface area contributed by atoms with Gasteiger partial charge in [-0.15, -0.1) is 5.10 Å². The van der Waals surface area contributed by atoms with Crippen molar-refractivity contribution in [2.75, 3.05) is 17.7 Å². The Morgan fingerprint density at radius 2 is 2.26 bits per heavy atom. The number of halogens is 1. The Balaban J connectivity index is 2.18. The first-order valence-electron chi connectivity index (χ1n) is 5.69. The number of nitrogen functional groups attached to an aromatic ring is 1. The van der Waals surface area contributed by atoms with Gasteiger partial charge in [0.05, 0.1) is 0 Å². The van der Waals surface area contributed by atoms with E-state index in [2.05, 4.69) is 31.5 Å². The Morgan fingerprint density at radius 3 is 2.95 bits per heavy atom. The molecule has 0 aliphatic heterocycles. The molecule has 0 fully saturated rings. The van der Waals surface area contributed by atoms with E-state index < -0.39 is 10.8 Å². The summed E-state index contributed by atoms with van der Waals surface area (Å²) in [7, 11) is -0.793. The number of nitrogens with two attached hydrogens (primary N) is 1. The number of rotatable bonds is 5. The summed E-state index contributed by atoms with van der Waals surface area (Å²) in [6.07, 6.45) is 2.46. The molecule has 0 saturated carbocycles. The second-order valence-corrected chi connectivity index (χ2v) is 6.50. The highest BCUT2D eigenvalue weighted by atomic mass is 79.9. The van der Waals surface area contributed by atoms with Gasteiger partial charge in [-0.1, -0.05) is 0 Å². The molecule has 0 amide bonds. The van der Waals surface area contributed by atoms with Crippen LogP contribution in [0.1, 0.15) is 6.42 Å². The van der Waals surface area contributed by atoms with Crippen LogP contribution in [0.4, 0.5) is 5.69 Å². The number of aromatic nitrogens is 4. The summed E-state index contributed by atoms with van der Waals surface area (Å²) in [5, 5.41) is 11.6. The third-order valence-corrected chi connectivity index (χ3v) is 4.17. The van der Waals surface area contributed by atoms with Gasteiger partial charge in [0.2, 0.25) is 0 Å². The van der Waals surface area contributed by atoms with Crippen LogP contribution < -0.4 is 5.73 Å². The number of hydrogen-bond donors (Lipinski definition) is 1. The summed E-state index contributed by atoms with van der Waals surface area (Å²) >= 11 is 3.35. The number of hydrogen-bond acceptors (Lipinski definition) is 5. The molecule has 0 spiro atoms. The van der Waals surface area contributed by atoms with E-state index in [0.717, 1.165) is 16.5 Å². The Kier molecular flexibility index (Phi) is 4.65. The van der Waals surface area contributed by atoms with Gasteiger partial charge in [-0.2, -0.15) is 0 Å². The maximum Gasteiger partial charge on any atom is 0.182 e. The maximum absolute atomic E-state index is 11.0. The molecule has 8 heteroatoms. The van der Waals surface area contributed by atoms with Gasteiger partial charge < -0.3 is 5.73 Å². The Morgan fingerprint density at radius 1 is 1.47 bits per heavy atom. The molecule has 2 N–H and O–H groups in total. The molecule has 102 valence electrons. The second-order valence-electron chi connectivity index (χ2n) is 4.09. The minimum Gasteiger partial charge on any atom is -0.398 e. The number of aryl methyl sites for hydroxylation is 1. The monoisotopic (exact) mass is 343 g/mol. The van der Waals surface area contributed by atoms with Crippen LogP contribution in [0, 0.1) is 0 Å². The second kappa shape index (κ2) is 6.25. The minimum absolute atomic E-state index is 0.637. The van der Waals surface area contributed by atoms with E-state index in [0.29, 0.717) is 23.8 Å². The molecule has 2 rings (SSSR count). The lowest BCUT2D eigenvalue weighted by atomic mass is 10.2. The topological polar surface area (TPSA) is 86.7 Å². The van der Waals surface area contributed by atoms with Crippen LogP contribution in [-0.2, 0) is 17.3 Å². The fraction of sp³-hybridized carbons (Fsp3) is 0.364. The fourth-order valence-electron chi connectivity index (χ4n) is 1.66. The zero-order valence-corrected chi connectivity index (χ0v) is 12.8. The first-order valence-corrected chi connectivity index (χ1v) is 8.21. The zero-order valence-electron chi connectivity index (χ0n) is 10.4. The molecule has 0 aliphatic rings. The van der Waals surface area contributed by atoms with Crippen molar-refractivity contribution in [3.8, 4) is 11.4 Å². The summed E-state index contributed by atoms with van der Waals surface area (Å²) < 4.78 is 13.6. The lowest BCUT2D eigenvalue weighted by Gasteiger charge is -2.05. The molecule has 1 unspecified atom stereocenters. The summed E-state index contributed by atoms with van der Waals surface area (Å²) in [5.74, 6) is 1.31. The van der Waals surface area contributed by atoms with E-state index in [9.17, 15) is 4.21 Å². The predicted molar refractivity (Wildman–Crippen MR) is 78.9 cm³/mol. The van der Waals surface area contributed by atoms with Crippen molar-refractivity contribution in [2.45, 2.75) is 13.0 Å². The van der Waals surface area contributed by atoms with E-state index in [4.69, 9.17) is 5.73 Å². The van der Waals surface area contributed by atoms with Gasteiger partial charge >= 0.3 is 0 Å². The largest absolute Gasteiger partial charge is 0.398 e. The molecular weight excluding hydrogens is 330 g/mol. The normalized spacial score (nSPS) is 12.5. The minimum atomic E-state index is -0.793. The molecule has 0 radical (unpaired) electrons. The Bertz CT molecular complexity index is 601. The summed E-state index contributed by atoms with van der Waals surface area (Å²) in [4.78, 5) is 0. The van der Waals surface area contributed by atoms with Crippen LogP contribution in [0.2, 0.25) is 0 Å². The molecule has 19 heavy (non-hydrogen) atoms. The lowest BCUT2D eigenvalue weighted by molar-refractivity contribution is 0.583. The lowest BCUT2D eigenvalue weighted by Crippen LogP contribution is -2.06. The fourth-order valence-corrected chi connectivity index (χ4v) is 2.44. The predicted octanol–water partition coefficient (Wildman–Crippen LogP) is 1.45. The van der Waals surface area contributed by atoms with Gasteiger partial charge in [-0.25, -0.2) is 4.68 Å². The van der Waals surface area contributed by atoms with Crippen molar-refractivity contribution in [2.24, 2.45) is 0 Å². The van der Waals surface area contributed by atoms with Crippen LogP contribution in [0.5, 0.6) is 0 Å². The zero-order chi connectivity index (χ0) is 13.8. The van der Waals surface area contributed by atoms with Gasteiger partial charge in [0.15, 0.2) is 5.82 Å². The molecular formula is C11H14BrN5OS. The maximum atomic E-state index is 11.0. The number of benzene rings is 1. The summed E-state index contributed by atoms with van der Waals surface area (Å²) in [6.45, 7) is 0.637. The number of tetrazole rings is 1. The molecule has 0 saturated heterocycles. The van der Waals surface area contributed by atoms with Gasteiger partial charge in [0, 0.05) is 45.1 Å². The standard InChI is InChI=1S/C11H14BrN5OS/c1-19(18)6-2-5-17-11(14-15-16-17)8-3-4-9(12)10(13)7-8/h3-4,7H,2,5-6,13H2,1H3. The van der Waals surface area contributed by atoms with E-state index in [1.807, 2.05) is 18.2 Å². The van der Waals surface area contributed by atoms with Crippen molar-refractivity contribution in [3.63, 3.8) is 0 Å². The quantitative estimate of drug-likeness (QED) is 0.830. The van der Waals surface area contributed by atoms with Crippen LogP contribution in [0.15, 0.2) is 22.7 Å². The van der Waals surface area contributed by atoms with Crippen LogP contribution >= 0.6 is 15.9 Å². The van der Waals surface area contributed by atoms with E-state index in [1.165, 1.54) is 0 Å². The van der Waals surface area contributed by atoms with Crippen molar-refractivity contribution in [1.82, 2.24) is 20.2 Å². The molecule has 0 aliphatic carbocycles. The highest BCUT2D eigenvalue weighted by Gasteiger charge is 2.10. The molecule has 1 atom stereocenters. The van der Waals surface area contributed by atoms with Gasteiger partial charge in [0.25, 0.3) is 0 Å². The molecule has 0 bridgehead atoms. The molecule has 2 aromatic rings. The van der Waals surface area contributed by atoms with Gasteiger partial charge in [-0.3, -0.25) is 4.21 Å². The van der Waals surface area contributed by atoms with Crippen molar-refractivity contribution in [1.29, 1.82) is 0 Å². The van der Waals surface area contributed by atoms with E-state index in [1.54, 1.807) is 10.9 Å².